The van der Waals surface area contributed by atoms with Crippen LogP contribution in [0.25, 0.3) is 0 Å². The third-order valence-corrected chi connectivity index (χ3v) is 2.93. The zero-order valence-electron chi connectivity index (χ0n) is 11.1. The van der Waals surface area contributed by atoms with E-state index in [4.69, 9.17) is 22.7 Å². The number of nitrogens with one attached hydrogen (secondary N) is 1. The lowest BCUT2D eigenvalue weighted by Gasteiger charge is -2.21. The summed E-state index contributed by atoms with van der Waals surface area (Å²) >= 11 is 4.88. The van der Waals surface area contributed by atoms with Gasteiger partial charge in [0.05, 0.1) is 23.7 Å². The molecular formula is C13H17FN2O2S. The van der Waals surface area contributed by atoms with E-state index in [9.17, 15) is 9.18 Å². The monoisotopic (exact) mass is 284 g/mol. The summed E-state index contributed by atoms with van der Waals surface area (Å²) in [5.74, 6) is -0.819. The number of halogens is 1. The molecule has 1 aromatic rings. The van der Waals surface area contributed by atoms with E-state index in [1.807, 2.05) is 13.8 Å². The molecule has 19 heavy (non-hydrogen) atoms. The zero-order chi connectivity index (χ0) is 14.6. The predicted molar refractivity (Wildman–Crippen MR) is 75.8 cm³/mol. The van der Waals surface area contributed by atoms with Gasteiger partial charge in [-0.3, -0.25) is 4.79 Å². The Morgan fingerprint density at radius 3 is 2.53 bits per heavy atom. The maximum atomic E-state index is 13.7. The second-order valence-corrected chi connectivity index (χ2v) is 4.91. The van der Waals surface area contributed by atoms with Crippen molar-refractivity contribution in [1.82, 2.24) is 5.32 Å². The highest BCUT2D eigenvalue weighted by molar-refractivity contribution is 7.80. The van der Waals surface area contributed by atoms with E-state index in [0.29, 0.717) is 5.75 Å². The van der Waals surface area contributed by atoms with Crippen LogP contribution in [0.5, 0.6) is 5.75 Å². The molecule has 0 saturated carbocycles. The molecule has 0 bridgehead atoms. The highest BCUT2D eigenvalue weighted by Crippen LogP contribution is 2.16. The Morgan fingerprint density at radius 1 is 1.47 bits per heavy atom. The summed E-state index contributed by atoms with van der Waals surface area (Å²) in [5, 5.41) is 2.62. The molecule has 0 aliphatic carbocycles. The Bertz CT molecular complexity index is 492. The van der Waals surface area contributed by atoms with Gasteiger partial charge in [0.25, 0.3) is 5.91 Å². The highest BCUT2D eigenvalue weighted by atomic mass is 32.1. The van der Waals surface area contributed by atoms with Gasteiger partial charge in [0, 0.05) is 6.07 Å². The number of benzene rings is 1. The minimum atomic E-state index is -0.651. The van der Waals surface area contributed by atoms with Gasteiger partial charge in [0.2, 0.25) is 0 Å². The van der Waals surface area contributed by atoms with E-state index >= 15 is 0 Å². The second-order valence-electron chi connectivity index (χ2n) is 4.44. The van der Waals surface area contributed by atoms with Crippen molar-refractivity contribution in [1.29, 1.82) is 0 Å². The van der Waals surface area contributed by atoms with Crippen molar-refractivity contribution >= 4 is 23.1 Å². The molecular weight excluding hydrogens is 267 g/mol. The fraction of sp³-hybridized carbons (Fsp3) is 0.385. The van der Waals surface area contributed by atoms with Crippen LogP contribution in [0.15, 0.2) is 18.2 Å². The number of carbonyl (C=O) groups is 1. The molecule has 0 aliphatic rings. The number of hydrogen-bond acceptors (Lipinski definition) is 3. The topological polar surface area (TPSA) is 64.3 Å². The molecule has 3 N–H and O–H groups in total. The van der Waals surface area contributed by atoms with Gasteiger partial charge in [-0.15, -0.1) is 0 Å². The van der Waals surface area contributed by atoms with Gasteiger partial charge >= 0.3 is 0 Å². The van der Waals surface area contributed by atoms with Crippen LogP contribution in [0.2, 0.25) is 0 Å². The number of amides is 1. The first kappa shape index (κ1) is 15.4. The van der Waals surface area contributed by atoms with Crippen molar-refractivity contribution < 1.29 is 13.9 Å². The van der Waals surface area contributed by atoms with Crippen molar-refractivity contribution in [2.75, 3.05) is 7.11 Å². The maximum absolute atomic E-state index is 13.7. The van der Waals surface area contributed by atoms with Gasteiger partial charge in [0.15, 0.2) is 0 Å². The molecule has 1 rings (SSSR count). The maximum Gasteiger partial charge on any atom is 0.254 e. The second kappa shape index (κ2) is 6.47. The summed E-state index contributed by atoms with van der Waals surface area (Å²) in [4.78, 5) is 12.2. The van der Waals surface area contributed by atoms with E-state index in [1.165, 1.54) is 19.2 Å². The van der Waals surface area contributed by atoms with Crippen LogP contribution >= 0.6 is 12.2 Å². The molecule has 0 aromatic heterocycles. The van der Waals surface area contributed by atoms with E-state index in [-0.39, 0.29) is 16.5 Å². The van der Waals surface area contributed by atoms with Crippen molar-refractivity contribution in [3.8, 4) is 5.75 Å². The molecule has 104 valence electrons. The molecule has 4 nitrogen and oxygen atoms in total. The Labute approximate surface area is 117 Å². The molecule has 0 heterocycles. The van der Waals surface area contributed by atoms with E-state index in [0.717, 1.165) is 6.07 Å². The summed E-state index contributed by atoms with van der Waals surface area (Å²) in [6, 6.07) is 3.56. The van der Waals surface area contributed by atoms with Crippen molar-refractivity contribution in [2.24, 2.45) is 11.7 Å². The molecule has 0 fully saturated rings. The first-order chi connectivity index (χ1) is 8.86. The van der Waals surface area contributed by atoms with Gasteiger partial charge in [-0.25, -0.2) is 4.39 Å². The average molecular weight is 284 g/mol. The quantitative estimate of drug-likeness (QED) is 0.810. The lowest BCUT2D eigenvalue weighted by atomic mass is 10.0. The Morgan fingerprint density at radius 2 is 2.11 bits per heavy atom. The normalized spacial score (nSPS) is 12.1. The molecule has 1 unspecified atom stereocenters. The van der Waals surface area contributed by atoms with Crippen LogP contribution < -0.4 is 15.8 Å². The van der Waals surface area contributed by atoms with Crippen molar-refractivity contribution in [3.63, 3.8) is 0 Å². The number of nitrogens with two attached hydrogens (primary N) is 1. The van der Waals surface area contributed by atoms with E-state index < -0.39 is 17.8 Å². The third kappa shape index (κ3) is 3.89. The highest BCUT2D eigenvalue weighted by Gasteiger charge is 2.21. The van der Waals surface area contributed by atoms with E-state index in [2.05, 4.69) is 5.32 Å². The molecule has 0 aliphatic heterocycles. The largest absolute Gasteiger partial charge is 0.497 e. The van der Waals surface area contributed by atoms with Gasteiger partial charge < -0.3 is 15.8 Å². The van der Waals surface area contributed by atoms with Gasteiger partial charge in [0.1, 0.15) is 11.6 Å². The molecule has 6 heteroatoms. The summed E-state index contributed by atoms with van der Waals surface area (Å²) < 4.78 is 18.6. The van der Waals surface area contributed by atoms with Gasteiger partial charge in [-0.1, -0.05) is 26.1 Å². The van der Waals surface area contributed by atoms with Crippen LogP contribution in [-0.4, -0.2) is 24.0 Å². The SMILES string of the molecule is COc1ccc(C(=O)NC(C(N)=S)C(C)C)c(F)c1. The van der Waals surface area contributed by atoms with Crippen molar-refractivity contribution in [2.45, 2.75) is 19.9 Å². The summed E-state index contributed by atoms with van der Waals surface area (Å²) in [7, 11) is 1.43. The smallest absolute Gasteiger partial charge is 0.254 e. The van der Waals surface area contributed by atoms with Gasteiger partial charge in [-0.05, 0) is 18.1 Å². The fourth-order valence-corrected chi connectivity index (χ4v) is 1.92. The summed E-state index contributed by atoms with van der Waals surface area (Å²) in [6.45, 7) is 3.74. The summed E-state index contributed by atoms with van der Waals surface area (Å²) in [6.07, 6.45) is 0. The first-order valence-electron chi connectivity index (χ1n) is 5.80. The number of hydrogen-bond donors (Lipinski definition) is 2. The molecule has 1 atom stereocenters. The van der Waals surface area contributed by atoms with Crippen molar-refractivity contribution in [3.05, 3.63) is 29.6 Å². The first-order valence-corrected chi connectivity index (χ1v) is 6.21. The van der Waals surface area contributed by atoms with Crippen LogP contribution in [-0.2, 0) is 0 Å². The minimum absolute atomic E-state index is 0.0303. The van der Waals surface area contributed by atoms with Crippen LogP contribution in [0, 0.1) is 11.7 Å². The standard InChI is InChI=1S/C13H17FN2O2S/c1-7(2)11(12(15)19)16-13(17)9-5-4-8(18-3)6-10(9)14/h4-7,11H,1-3H3,(H2,15,19)(H,16,17). The molecule has 1 aromatic carbocycles. The third-order valence-electron chi connectivity index (χ3n) is 2.68. The zero-order valence-corrected chi connectivity index (χ0v) is 11.9. The van der Waals surface area contributed by atoms with E-state index in [1.54, 1.807) is 0 Å². The summed E-state index contributed by atoms with van der Waals surface area (Å²) in [5.41, 5.74) is 5.48. The number of rotatable bonds is 5. The fourth-order valence-electron chi connectivity index (χ4n) is 1.59. The molecule has 1 amide bonds. The number of ether oxygens (including phenoxy) is 1. The Kier molecular flexibility index (Phi) is 5.23. The van der Waals surface area contributed by atoms with Gasteiger partial charge in [-0.2, -0.15) is 0 Å². The van der Waals surface area contributed by atoms with Crippen LogP contribution in [0.1, 0.15) is 24.2 Å². The van der Waals surface area contributed by atoms with Crippen LogP contribution in [0.3, 0.4) is 0 Å². The molecule has 0 radical (unpaired) electrons. The minimum Gasteiger partial charge on any atom is -0.497 e. The Hall–Kier alpha value is -1.69. The van der Waals surface area contributed by atoms with Crippen LogP contribution in [0.4, 0.5) is 4.39 Å². The Balaban J connectivity index is 2.91. The number of thiocarbonyl (C=S) groups is 1. The molecule has 0 spiro atoms. The predicted octanol–water partition coefficient (Wildman–Crippen LogP) is 1.87. The molecule has 0 saturated heterocycles. The average Bonchev–Trinajstić information content (AvgIpc) is 2.34. The lowest BCUT2D eigenvalue weighted by molar-refractivity contribution is 0.0935. The number of methoxy groups -OCH3 is 1. The lowest BCUT2D eigenvalue weighted by Crippen LogP contribution is -2.47. The number of carbonyl (C=O) groups excluding carboxylic acids is 1.